The van der Waals surface area contributed by atoms with Crippen LogP contribution in [0.2, 0.25) is 0 Å². The van der Waals surface area contributed by atoms with E-state index in [1.807, 2.05) is 0 Å². The molecule has 0 spiro atoms. The minimum absolute atomic E-state index is 0.0832. The summed E-state index contributed by atoms with van der Waals surface area (Å²) in [4.78, 5) is 58.0. The summed E-state index contributed by atoms with van der Waals surface area (Å²) >= 11 is 0. The minimum atomic E-state index is -4.64. The highest BCUT2D eigenvalue weighted by Gasteiger charge is 2.36. The van der Waals surface area contributed by atoms with Crippen molar-refractivity contribution < 1.29 is 43.5 Å². The zero-order valence-corrected chi connectivity index (χ0v) is 15.7. The molecule has 1 aliphatic carbocycles. The highest BCUT2D eigenvalue weighted by Crippen LogP contribution is 2.26. The number of carbonyl (C=O) groups is 3. The average Bonchev–Trinajstić information content (AvgIpc) is 2.52. The predicted molar refractivity (Wildman–Crippen MR) is 89.7 cm³/mol. The van der Waals surface area contributed by atoms with Crippen LogP contribution in [-0.4, -0.2) is 67.8 Å². The summed E-state index contributed by atoms with van der Waals surface area (Å²) < 4.78 is 13.6. The molecule has 0 unspecified atom stereocenters. The van der Waals surface area contributed by atoms with Crippen molar-refractivity contribution in [3.8, 4) is 0 Å². The Labute approximate surface area is 151 Å². The third-order valence-corrected chi connectivity index (χ3v) is 3.89. The number of esters is 1. The lowest BCUT2D eigenvalue weighted by Crippen LogP contribution is -2.55. The SMILES string of the molecule is COC(=O)[C@H](C)N(C(=O)[C@@H](N)CC(=O)O)C1CCCCC1.O=P(O)(O)O. The summed E-state index contributed by atoms with van der Waals surface area (Å²) in [5.74, 6) is -2.15. The first-order valence-electron chi connectivity index (χ1n) is 8.04. The summed E-state index contributed by atoms with van der Waals surface area (Å²) in [6, 6.07) is -1.98. The standard InChI is InChI=1S/C14H24N2O5.H3O4P/c1-9(14(20)21-2)16(10-6-4-3-5-7-10)13(19)11(15)8-12(17)18;1-5(2,3)4/h9-11H,3-8,15H2,1-2H3,(H,17,18);(H3,1,2,3,4)/t9-,11-;/m0./s1. The fraction of sp³-hybridized carbons (Fsp3) is 0.786. The van der Waals surface area contributed by atoms with Crippen LogP contribution >= 0.6 is 7.82 Å². The van der Waals surface area contributed by atoms with Gasteiger partial charge in [0.2, 0.25) is 5.91 Å². The molecule has 12 heteroatoms. The Morgan fingerprint density at radius 2 is 1.65 bits per heavy atom. The van der Waals surface area contributed by atoms with E-state index in [0.717, 1.165) is 32.1 Å². The van der Waals surface area contributed by atoms with E-state index in [1.165, 1.54) is 12.0 Å². The van der Waals surface area contributed by atoms with Crippen molar-refractivity contribution in [1.82, 2.24) is 4.90 Å². The fourth-order valence-electron chi connectivity index (χ4n) is 2.80. The average molecular weight is 398 g/mol. The van der Waals surface area contributed by atoms with E-state index >= 15 is 0 Å². The van der Waals surface area contributed by atoms with Crippen molar-refractivity contribution in [3.05, 3.63) is 0 Å². The molecular weight excluding hydrogens is 371 g/mol. The van der Waals surface area contributed by atoms with Gasteiger partial charge in [0.15, 0.2) is 0 Å². The molecule has 0 saturated heterocycles. The first kappa shape index (κ1) is 24.5. The molecule has 1 fully saturated rings. The summed E-state index contributed by atoms with van der Waals surface area (Å²) in [7, 11) is -3.38. The second kappa shape index (κ2) is 11.2. The number of carboxylic acids is 1. The number of methoxy groups -OCH3 is 1. The molecular formula is C14H27N2O9P. The van der Waals surface area contributed by atoms with Gasteiger partial charge in [0.1, 0.15) is 6.04 Å². The van der Waals surface area contributed by atoms with Crippen LogP contribution < -0.4 is 5.73 Å². The summed E-state index contributed by atoms with van der Waals surface area (Å²) in [5.41, 5.74) is 5.68. The van der Waals surface area contributed by atoms with Crippen LogP contribution in [0.15, 0.2) is 0 Å². The van der Waals surface area contributed by atoms with Gasteiger partial charge in [-0.25, -0.2) is 9.36 Å². The van der Waals surface area contributed by atoms with Crippen LogP contribution in [0.3, 0.4) is 0 Å². The van der Waals surface area contributed by atoms with Crippen molar-refractivity contribution in [1.29, 1.82) is 0 Å². The topological polar surface area (TPSA) is 188 Å². The largest absolute Gasteiger partial charge is 0.481 e. The minimum Gasteiger partial charge on any atom is -0.481 e. The molecule has 152 valence electrons. The van der Waals surface area contributed by atoms with Crippen LogP contribution in [0.1, 0.15) is 45.4 Å². The first-order valence-corrected chi connectivity index (χ1v) is 9.60. The maximum absolute atomic E-state index is 12.5. The molecule has 1 rings (SSSR count). The van der Waals surface area contributed by atoms with Crippen LogP contribution in [0.5, 0.6) is 0 Å². The number of hydrogen-bond donors (Lipinski definition) is 5. The Bertz CT molecular complexity index is 522. The van der Waals surface area contributed by atoms with Crippen LogP contribution in [0.25, 0.3) is 0 Å². The van der Waals surface area contributed by atoms with E-state index < -0.39 is 44.2 Å². The molecule has 0 bridgehead atoms. The maximum Gasteiger partial charge on any atom is 0.466 e. The molecule has 0 aromatic carbocycles. The first-order chi connectivity index (χ1) is 11.9. The second-order valence-electron chi connectivity index (χ2n) is 5.95. The van der Waals surface area contributed by atoms with Crippen molar-refractivity contribution in [2.45, 2.75) is 63.6 Å². The number of carboxylic acid groups (broad SMARTS) is 1. The summed E-state index contributed by atoms with van der Waals surface area (Å²) in [6.45, 7) is 1.59. The molecule has 1 saturated carbocycles. The highest BCUT2D eigenvalue weighted by molar-refractivity contribution is 7.45. The lowest BCUT2D eigenvalue weighted by atomic mass is 9.92. The molecule has 0 heterocycles. The number of hydrogen-bond acceptors (Lipinski definition) is 6. The van der Waals surface area contributed by atoms with E-state index in [2.05, 4.69) is 0 Å². The van der Waals surface area contributed by atoms with Crippen LogP contribution in [-0.2, 0) is 23.7 Å². The van der Waals surface area contributed by atoms with E-state index in [1.54, 1.807) is 6.92 Å². The van der Waals surface area contributed by atoms with Gasteiger partial charge in [-0.1, -0.05) is 19.3 Å². The predicted octanol–water partition coefficient (Wildman–Crippen LogP) is -0.417. The Morgan fingerprint density at radius 3 is 2.04 bits per heavy atom. The molecule has 1 aliphatic rings. The van der Waals surface area contributed by atoms with E-state index in [4.69, 9.17) is 34.8 Å². The lowest BCUT2D eigenvalue weighted by molar-refractivity contribution is -0.156. The zero-order valence-electron chi connectivity index (χ0n) is 14.8. The van der Waals surface area contributed by atoms with Crippen molar-refractivity contribution in [2.75, 3.05) is 7.11 Å². The van der Waals surface area contributed by atoms with Gasteiger partial charge in [0, 0.05) is 6.04 Å². The third-order valence-electron chi connectivity index (χ3n) is 3.89. The Morgan fingerprint density at radius 1 is 1.19 bits per heavy atom. The number of ether oxygens (including phenoxy) is 1. The van der Waals surface area contributed by atoms with Gasteiger partial charge >= 0.3 is 19.8 Å². The molecule has 0 aliphatic heterocycles. The van der Waals surface area contributed by atoms with E-state index in [9.17, 15) is 14.4 Å². The van der Waals surface area contributed by atoms with Gasteiger partial charge in [0.05, 0.1) is 19.6 Å². The number of amides is 1. The smallest absolute Gasteiger partial charge is 0.466 e. The molecule has 1 amide bonds. The Kier molecular flexibility index (Phi) is 10.6. The van der Waals surface area contributed by atoms with Crippen molar-refractivity contribution in [2.24, 2.45) is 5.73 Å². The van der Waals surface area contributed by atoms with Gasteiger partial charge in [-0.05, 0) is 19.8 Å². The van der Waals surface area contributed by atoms with Gasteiger partial charge in [0.25, 0.3) is 0 Å². The summed E-state index contributed by atoms with van der Waals surface area (Å²) in [6.07, 6.45) is 4.22. The fourth-order valence-corrected chi connectivity index (χ4v) is 2.80. The molecule has 0 aromatic heterocycles. The van der Waals surface area contributed by atoms with E-state index in [0.29, 0.717) is 0 Å². The third kappa shape index (κ3) is 9.83. The van der Waals surface area contributed by atoms with Gasteiger partial charge in [-0.2, -0.15) is 0 Å². The molecule has 26 heavy (non-hydrogen) atoms. The normalized spacial score (nSPS) is 17.3. The number of rotatable bonds is 6. The van der Waals surface area contributed by atoms with Crippen molar-refractivity contribution >= 4 is 25.7 Å². The maximum atomic E-state index is 12.5. The van der Waals surface area contributed by atoms with Gasteiger partial charge < -0.3 is 35.2 Å². The number of phosphoric acid groups is 1. The van der Waals surface area contributed by atoms with Crippen molar-refractivity contribution in [3.63, 3.8) is 0 Å². The second-order valence-corrected chi connectivity index (χ2v) is 6.98. The zero-order chi connectivity index (χ0) is 20.5. The van der Waals surface area contributed by atoms with E-state index in [-0.39, 0.29) is 6.04 Å². The monoisotopic (exact) mass is 398 g/mol. The van der Waals surface area contributed by atoms with Gasteiger partial charge in [-0.3, -0.25) is 9.59 Å². The highest BCUT2D eigenvalue weighted by atomic mass is 31.2. The summed E-state index contributed by atoms with van der Waals surface area (Å²) in [5, 5.41) is 8.78. The number of nitrogens with two attached hydrogens (primary N) is 1. The lowest BCUT2D eigenvalue weighted by Gasteiger charge is -2.38. The molecule has 0 aromatic rings. The molecule has 0 radical (unpaired) electrons. The Balaban J connectivity index is 0.00000110. The number of aliphatic carboxylic acids is 1. The molecule has 6 N–H and O–H groups in total. The van der Waals surface area contributed by atoms with Gasteiger partial charge in [-0.15, -0.1) is 0 Å². The molecule has 11 nitrogen and oxygen atoms in total. The van der Waals surface area contributed by atoms with Crippen LogP contribution in [0, 0.1) is 0 Å². The van der Waals surface area contributed by atoms with Crippen LogP contribution in [0.4, 0.5) is 0 Å². The molecule has 2 atom stereocenters. The Hall–Kier alpha value is -1.52. The number of carbonyl (C=O) groups excluding carboxylic acids is 2. The number of nitrogens with zero attached hydrogens (tertiary/aromatic N) is 1. The quantitative estimate of drug-likeness (QED) is 0.290.